The average Bonchev–Trinajstić information content (AvgIpc) is 2.95. The van der Waals surface area contributed by atoms with Crippen molar-refractivity contribution < 1.29 is 22.3 Å². The second-order valence-electron chi connectivity index (χ2n) is 6.62. The number of benzene rings is 2. The molecule has 1 saturated heterocycles. The lowest BCUT2D eigenvalue weighted by molar-refractivity contribution is 0.353. The van der Waals surface area contributed by atoms with Gasteiger partial charge >= 0.3 is 0 Å². The molecule has 2 aromatic rings. The topological polar surface area (TPSA) is 55.8 Å². The van der Waals surface area contributed by atoms with Crippen molar-refractivity contribution in [2.45, 2.75) is 30.1 Å². The minimum absolute atomic E-state index is 0.0445. The zero-order valence-electron chi connectivity index (χ0n) is 15.5. The van der Waals surface area contributed by atoms with E-state index in [0.717, 1.165) is 24.8 Å². The van der Waals surface area contributed by atoms with Gasteiger partial charge in [-0.3, -0.25) is 0 Å². The quantitative estimate of drug-likeness (QED) is 0.775. The van der Waals surface area contributed by atoms with Crippen LogP contribution in [0.5, 0.6) is 11.5 Å². The number of sulfonamides is 1. The van der Waals surface area contributed by atoms with Crippen LogP contribution in [-0.4, -0.2) is 40.0 Å². The largest absolute Gasteiger partial charge is 0.493 e. The van der Waals surface area contributed by atoms with Crippen LogP contribution >= 0.6 is 0 Å². The second-order valence-corrected chi connectivity index (χ2v) is 8.56. The third kappa shape index (κ3) is 4.25. The summed E-state index contributed by atoms with van der Waals surface area (Å²) in [5, 5.41) is 0. The maximum Gasteiger partial charge on any atom is 0.243 e. The highest BCUT2D eigenvalue weighted by atomic mass is 32.2. The van der Waals surface area contributed by atoms with Crippen LogP contribution in [0.2, 0.25) is 0 Å². The molecule has 1 unspecified atom stereocenters. The van der Waals surface area contributed by atoms with E-state index in [2.05, 4.69) is 0 Å². The van der Waals surface area contributed by atoms with E-state index in [9.17, 15) is 12.8 Å². The van der Waals surface area contributed by atoms with Crippen LogP contribution in [0, 0.1) is 5.82 Å². The van der Waals surface area contributed by atoms with Crippen LogP contribution in [0.1, 0.15) is 30.7 Å². The van der Waals surface area contributed by atoms with Crippen LogP contribution in [0.3, 0.4) is 0 Å². The van der Waals surface area contributed by atoms with Crippen LogP contribution < -0.4 is 9.47 Å². The first-order chi connectivity index (χ1) is 13.0. The number of rotatable bonds is 5. The summed E-state index contributed by atoms with van der Waals surface area (Å²) in [6, 6.07) is 11.0. The van der Waals surface area contributed by atoms with E-state index < -0.39 is 10.0 Å². The van der Waals surface area contributed by atoms with E-state index in [1.807, 2.05) is 0 Å². The smallest absolute Gasteiger partial charge is 0.243 e. The molecule has 1 atom stereocenters. The summed E-state index contributed by atoms with van der Waals surface area (Å²) < 4.78 is 51.6. The molecule has 3 rings (SSSR count). The SMILES string of the molecule is COc1ccc(S(=O)(=O)N2CCCCC(c3ccc(F)cc3)C2)cc1OC. The summed E-state index contributed by atoms with van der Waals surface area (Å²) in [6.07, 6.45) is 2.60. The molecule has 0 saturated carbocycles. The first-order valence-corrected chi connectivity index (χ1v) is 10.4. The molecule has 1 fully saturated rings. The molecule has 0 bridgehead atoms. The summed E-state index contributed by atoms with van der Waals surface area (Å²) in [6.45, 7) is 0.844. The summed E-state index contributed by atoms with van der Waals surface area (Å²) in [5.41, 5.74) is 0.964. The fourth-order valence-electron chi connectivity index (χ4n) is 3.46. The maximum absolute atomic E-state index is 13.2. The third-order valence-electron chi connectivity index (χ3n) is 4.97. The van der Waals surface area contributed by atoms with E-state index in [-0.39, 0.29) is 16.6 Å². The Morgan fingerprint density at radius 1 is 1.00 bits per heavy atom. The number of ether oxygens (including phenoxy) is 2. The summed E-state index contributed by atoms with van der Waals surface area (Å²) in [5.74, 6) is 0.616. The van der Waals surface area contributed by atoms with Gasteiger partial charge in [-0.25, -0.2) is 12.8 Å². The number of methoxy groups -OCH3 is 2. The molecular weight excluding hydrogens is 369 g/mol. The van der Waals surface area contributed by atoms with Crippen LogP contribution in [0.4, 0.5) is 4.39 Å². The second kappa shape index (κ2) is 8.27. The highest BCUT2D eigenvalue weighted by Gasteiger charge is 2.30. The van der Waals surface area contributed by atoms with Crippen molar-refractivity contribution in [2.24, 2.45) is 0 Å². The predicted molar refractivity (Wildman–Crippen MR) is 101 cm³/mol. The molecule has 0 aliphatic carbocycles. The fourth-order valence-corrected chi connectivity index (χ4v) is 5.00. The molecule has 0 radical (unpaired) electrons. The minimum Gasteiger partial charge on any atom is -0.493 e. The van der Waals surface area contributed by atoms with Crippen LogP contribution in [-0.2, 0) is 10.0 Å². The van der Waals surface area contributed by atoms with Crippen molar-refractivity contribution in [1.29, 1.82) is 0 Å². The van der Waals surface area contributed by atoms with Gasteiger partial charge in [-0.1, -0.05) is 18.6 Å². The molecule has 7 heteroatoms. The first kappa shape index (κ1) is 19.6. The Morgan fingerprint density at radius 3 is 2.37 bits per heavy atom. The van der Waals surface area contributed by atoms with Crippen molar-refractivity contribution in [3.8, 4) is 11.5 Å². The Balaban J connectivity index is 1.89. The normalized spacial score (nSPS) is 18.7. The number of hydrogen-bond donors (Lipinski definition) is 0. The molecule has 0 aromatic heterocycles. The molecule has 1 aliphatic heterocycles. The molecule has 1 aliphatic rings. The molecule has 1 heterocycles. The maximum atomic E-state index is 13.2. The van der Waals surface area contributed by atoms with Crippen molar-refractivity contribution >= 4 is 10.0 Å². The van der Waals surface area contributed by atoms with Gasteiger partial charge in [0.05, 0.1) is 19.1 Å². The lowest BCUT2D eigenvalue weighted by Crippen LogP contribution is -2.34. The highest BCUT2D eigenvalue weighted by molar-refractivity contribution is 7.89. The van der Waals surface area contributed by atoms with Gasteiger partial charge in [0.15, 0.2) is 11.5 Å². The van der Waals surface area contributed by atoms with Gasteiger partial charge in [-0.2, -0.15) is 4.31 Å². The van der Waals surface area contributed by atoms with Crippen molar-refractivity contribution in [3.05, 3.63) is 53.8 Å². The van der Waals surface area contributed by atoms with Gasteiger partial charge < -0.3 is 9.47 Å². The van der Waals surface area contributed by atoms with Gasteiger partial charge in [-0.15, -0.1) is 0 Å². The minimum atomic E-state index is -3.67. The molecule has 5 nitrogen and oxygen atoms in total. The Morgan fingerprint density at radius 2 is 1.70 bits per heavy atom. The Bertz CT molecular complexity index is 883. The molecule has 27 heavy (non-hydrogen) atoms. The van der Waals surface area contributed by atoms with E-state index in [1.54, 1.807) is 18.2 Å². The molecule has 2 aromatic carbocycles. The van der Waals surface area contributed by atoms with Gasteiger partial charge in [0, 0.05) is 19.2 Å². The number of halogens is 1. The molecule has 146 valence electrons. The number of nitrogens with zero attached hydrogens (tertiary/aromatic N) is 1. The van der Waals surface area contributed by atoms with Gasteiger partial charge in [0.2, 0.25) is 10.0 Å². The first-order valence-electron chi connectivity index (χ1n) is 8.93. The average molecular weight is 393 g/mol. The van der Waals surface area contributed by atoms with Crippen molar-refractivity contribution in [3.63, 3.8) is 0 Å². The van der Waals surface area contributed by atoms with E-state index >= 15 is 0 Å². The fraction of sp³-hybridized carbons (Fsp3) is 0.400. The molecular formula is C20H24FNO4S. The zero-order chi connectivity index (χ0) is 19.4. The van der Waals surface area contributed by atoms with Crippen LogP contribution in [0.15, 0.2) is 47.4 Å². The summed E-state index contributed by atoms with van der Waals surface area (Å²) in [7, 11) is -0.683. The lowest BCUT2D eigenvalue weighted by atomic mass is 9.95. The molecule has 0 amide bonds. The van der Waals surface area contributed by atoms with Gasteiger partial charge in [-0.05, 0) is 48.6 Å². The molecule has 0 N–H and O–H groups in total. The molecule has 0 spiro atoms. The standard InChI is InChI=1S/C20H24FNO4S/c1-25-19-11-10-18(13-20(19)26-2)27(23,24)22-12-4-3-5-16(14-22)15-6-8-17(21)9-7-15/h6-11,13,16H,3-5,12,14H2,1-2H3. The monoisotopic (exact) mass is 393 g/mol. The zero-order valence-corrected chi connectivity index (χ0v) is 16.3. The van der Waals surface area contributed by atoms with E-state index in [4.69, 9.17) is 9.47 Å². The van der Waals surface area contributed by atoms with E-state index in [1.165, 1.54) is 42.8 Å². The van der Waals surface area contributed by atoms with Gasteiger partial charge in [0.1, 0.15) is 5.82 Å². The summed E-state index contributed by atoms with van der Waals surface area (Å²) >= 11 is 0. The number of hydrogen-bond acceptors (Lipinski definition) is 4. The van der Waals surface area contributed by atoms with Crippen molar-refractivity contribution in [1.82, 2.24) is 4.31 Å². The highest BCUT2D eigenvalue weighted by Crippen LogP contribution is 2.33. The van der Waals surface area contributed by atoms with E-state index in [0.29, 0.717) is 24.6 Å². The third-order valence-corrected chi connectivity index (χ3v) is 6.83. The van der Waals surface area contributed by atoms with Crippen LogP contribution in [0.25, 0.3) is 0 Å². The summed E-state index contributed by atoms with van der Waals surface area (Å²) in [4.78, 5) is 0.180. The Hall–Kier alpha value is -2.12. The lowest BCUT2D eigenvalue weighted by Gasteiger charge is -2.24. The van der Waals surface area contributed by atoms with Crippen molar-refractivity contribution in [2.75, 3.05) is 27.3 Å². The van der Waals surface area contributed by atoms with Gasteiger partial charge in [0.25, 0.3) is 0 Å². The Labute approximate surface area is 159 Å². The predicted octanol–water partition coefficient (Wildman–Crippen LogP) is 3.80. The Kier molecular flexibility index (Phi) is 6.01.